The van der Waals surface area contributed by atoms with Crippen molar-refractivity contribution in [1.82, 2.24) is 5.32 Å². The third-order valence-electron chi connectivity index (χ3n) is 4.12. The molecule has 0 spiro atoms. The quantitative estimate of drug-likeness (QED) is 0.656. The Balaban J connectivity index is 1.86. The summed E-state index contributed by atoms with van der Waals surface area (Å²) in [6.45, 7) is 5.33. The van der Waals surface area contributed by atoms with Crippen LogP contribution in [0.15, 0.2) is 12.1 Å². The molecule has 0 bridgehead atoms. The van der Waals surface area contributed by atoms with Gasteiger partial charge in [0.15, 0.2) is 0 Å². The summed E-state index contributed by atoms with van der Waals surface area (Å²) in [5.74, 6) is 1.55. The molecule has 3 atom stereocenters. The number of nitro groups is 1. The molecule has 3 unspecified atom stereocenters. The van der Waals surface area contributed by atoms with Gasteiger partial charge in [-0.2, -0.15) is 0 Å². The van der Waals surface area contributed by atoms with Crippen LogP contribution in [-0.4, -0.2) is 11.0 Å². The summed E-state index contributed by atoms with van der Waals surface area (Å²) in [5.41, 5.74) is 0. The predicted molar refractivity (Wildman–Crippen MR) is 73.8 cm³/mol. The molecule has 1 N–H and O–H groups in total. The van der Waals surface area contributed by atoms with Crippen LogP contribution in [-0.2, 0) is 6.54 Å². The van der Waals surface area contributed by atoms with Gasteiger partial charge in [-0.15, -0.1) is 0 Å². The van der Waals surface area contributed by atoms with Crippen LogP contribution < -0.4 is 5.32 Å². The highest BCUT2D eigenvalue weighted by Crippen LogP contribution is 2.34. The van der Waals surface area contributed by atoms with Gasteiger partial charge in [0.1, 0.15) is 0 Å². The van der Waals surface area contributed by atoms with Gasteiger partial charge in [0.2, 0.25) is 0 Å². The molecular formula is C13H20N2O2S. The van der Waals surface area contributed by atoms with Crippen molar-refractivity contribution in [2.75, 3.05) is 0 Å². The predicted octanol–water partition coefficient (Wildman–Crippen LogP) is 3.57. The van der Waals surface area contributed by atoms with E-state index < -0.39 is 0 Å². The first kappa shape index (κ1) is 13.5. The largest absolute Gasteiger partial charge is 0.324 e. The number of nitrogens with one attached hydrogen (secondary N) is 1. The first-order valence-corrected chi connectivity index (χ1v) is 7.40. The fraction of sp³-hybridized carbons (Fsp3) is 0.692. The van der Waals surface area contributed by atoms with E-state index in [1.54, 1.807) is 6.07 Å². The molecule has 2 rings (SSSR count). The van der Waals surface area contributed by atoms with Gasteiger partial charge in [0.05, 0.1) is 4.92 Å². The van der Waals surface area contributed by atoms with Crippen LogP contribution in [0.5, 0.6) is 0 Å². The molecule has 1 aromatic rings. The summed E-state index contributed by atoms with van der Waals surface area (Å²) in [5, 5.41) is 14.4. The molecule has 1 fully saturated rings. The van der Waals surface area contributed by atoms with Crippen LogP contribution in [0, 0.1) is 22.0 Å². The Hall–Kier alpha value is -0.940. The van der Waals surface area contributed by atoms with E-state index in [-0.39, 0.29) is 9.92 Å². The molecule has 1 heterocycles. The second-order valence-electron chi connectivity index (χ2n) is 5.09. The molecule has 0 aromatic carbocycles. The second-order valence-corrected chi connectivity index (χ2v) is 6.24. The van der Waals surface area contributed by atoms with E-state index in [9.17, 15) is 10.1 Å². The zero-order valence-corrected chi connectivity index (χ0v) is 11.7. The second kappa shape index (κ2) is 5.80. The van der Waals surface area contributed by atoms with E-state index in [0.29, 0.717) is 12.0 Å². The van der Waals surface area contributed by atoms with Gasteiger partial charge in [-0.25, -0.2) is 0 Å². The van der Waals surface area contributed by atoms with Crippen molar-refractivity contribution in [3.8, 4) is 0 Å². The van der Waals surface area contributed by atoms with E-state index in [0.717, 1.165) is 17.3 Å². The molecular weight excluding hydrogens is 248 g/mol. The van der Waals surface area contributed by atoms with E-state index in [2.05, 4.69) is 19.2 Å². The molecule has 0 aliphatic heterocycles. The van der Waals surface area contributed by atoms with Crippen molar-refractivity contribution >= 4 is 16.3 Å². The third kappa shape index (κ3) is 2.90. The maximum absolute atomic E-state index is 10.6. The number of thiophene rings is 1. The van der Waals surface area contributed by atoms with Crippen molar-refractivity contribution in [3.63, 3.8) is 0 Å². The van der Waals surface area contributed by atoms with Crippen LogP contribution in [0.4, 0.5) is 5.00 Å². The SMILES string of the molecule is CCC1CCC(NCc2ccc([N+](=O)[O-])s2)C1C. The zero-order chi connectivity index (χ0) is 13.1. The summed E-state index contributed by atoms with van der Waals surface area (Å²) in [4.78, 5) is 11.3. The number of hydrogen-bond donors (Lipinski definition) is 1. The fourth-order valence-corrected chi connectivity index (χ4v) is 3.67. The minimum absolute atomic E-state index is 0.234. The number of rotatable bonds is 5. The highest BCUT2D eigenvalue weighted by atomic mass is 32.1. The molecule has 1 aliphatic carbocycles. The van der Waals surface area contributed by atoms with Crippen molar-refractivity contribution in [2.24, 2.45) is 11.8 Å². The van der Waals surface area contributed by atoms with E-state index in [1.165, 1.54) is 30.6 Å². The molecule has 1 aliphatic rings. The Labute approximate surface area is 112 Å². The normalized spacial score (nSPS) is 27.6. The smallest absolute Gasteiger partial charge is 0.309 e. The van der Waals surface area contributed by atoms with Crippen LogP contribution in [0.1, 0.15) is 38.0 Å². The highest BCUT2D eigenvalue weighted by Gasteiger charge is 2.31. The monoisotopic (exact) mass is 268 g/mol. The Bertz CT molecular complexity index is 419. The Morgan fingerprint density at radius 2 is 2.28 bits per heavy atom. The van der Waals surface area contributed by atoms with Gasteiger partial charge < -0.3 is 5.32 Å². The van der Waals surface area contributed by atoms with Crippen LogP contribution in [0.25, 0.3) is 0 Å². The van der Waals surface area contributed by atoms with Gasteiger partial charge in [-0.05, 0) is 30.7 Å². The summed E-state index contributed by atoms with van der Waals surface area (Å²) in [6, 6.07) is 4.01. The average molecular weight is 268 g/mol. The molecule has 5 heteroatoms. The van der Waals surface area contributed by atoms with Crippen molar-refractivity contribution in [2.45, 2.75) is 45.7 Å². The minimum Gasteiger partial charge on any atom is -0.309 e. The minimum atomic E-state index is -0.320. The van der Waals surface area contributed by atoms with Gasteiger partial charge >= 0.3 is 5.00 Å². The molecule has 100 valence electrons. The van der Waals surface area contributed by atoms with E-state index >= 15 is 0 Å². The topological polar surface area (TPSA) is 55.2 Å². The maximum atomic E-state index is 10.6. The Morgan fingerprint density at radius 1 is 1.50 bits per heavy atom. The van der Waals surface area contributed by atoms with Crippen LogP contribution in [0.3, 0.4) is 0 Å². The molecule has 0 amide bonds. The Morgan fingerprint density at radius 3 is 2.83 bits per heavy atom. The summed E-state index contributed by atoms with van der Waals surface area (Å²) in [6.07, 6.45) is 3.79. The van der Waals surface area contributed by atoms with Gasteiger partial charge in [0, 0.05) is 23.5 Å². The lowest BCUT2D eigenvalue weighted by Gasteiger charge is -2.20. The van der Waals surface area contributed by atoms with Crippen molar-refractivity contribution < 1.29 is 4.92 Å². The van der Waals surface area contributed by atoms with E-state index in [4.69, 9.17) is 0 Å². The number of hydrogen-bond acceptors (Lipinski definition) is 4. The van der Waals surface area contributed by atoms with Gasteiger partial charge in [-0.1, -0.05) is 31.6 Å². The van der Waals surface area contributed by atoms with Crippen LogP contribution >= 0.6 is 11.3 Å². The average Bonchev–Trinajstić information content (AvgIpc) is 2.93. The lowest BCUT2D eigenvalue weighted by Crippen LogP contribution is -2.31. The molecule has 18 heavy (non-hydrogen) atoms. The first-order valence-electron chi connectivity index (χ1n) is 6.58. The molecule has 1 aromatic heterocycles. The Kier molecular flexibility index (Phi) is 4.35. The van der Waals surface area contributed by atoms with Gasteiger partial charge in [-0.3, -0.25) is 10.1 Å². The summed E-state index contributed by atoms with van der Waals surface area (Å²) in [7, 11) is 0. The fourth-order valence-electron chi connectivity index (χ4n) is 2.90. The van der Waals surface area contributed by atoms with Crippen molar-refractivity contribution in [3.05, 3.63) is 27.1 Å². The highest BCUT2D eigenvalue weighted by molar-refractivity contribution is 7.15. The summed E-state index contributed by atoms with van der Waals surface area (Å²) < 4.78 is 0. The lowest BCUT2D eigenvalue weighted by atomic mass is 9.93. The van der Waals surface area contributed by atoms with Crippen LogP contribution in [0.2, 0.25) is 0 Å². The number of nitrogens with zero attached hydrogens (tertiary/aromatic N) is 1. The maximum Gasteiger partial charge on any atom is 0.324 e. The molecule has 1 saturated carbocycles. The summed E-state index contributed by atoms with van der Waals surface area (Å²) >= 11 is 1.27. The third-order valence-corrected chi connectivity index (χ3v) is 5.15. The zero-order valence-electron chi connectivity index (χ0n) is 10.9. The van der Waals surface area contributed by atoms with Gasteiger partial charge in [0.25, 0.3) is 0 Å². The lowest BCUT2D eigenvalue weighted by molar-refractivity contribution is -0.380. The van der Waals surface area contributed by atoms with Crippen molar-refractivity contribution in [1.29, 1.82) is 0 Å². The molecule has 0 radical (unpaired) electrons. The molecule has 4 nitrogen and oxygen atoms in total. The standard InChI is InChI=1S/C13H20N2O2S/c1-3-10-4-6-12(9(10)2)14-8-11-5-7-13(18-11)15(16)17/h5,7,9-10,12,14H,3-4,6,8H2,1-2H3. The first-order chi connectivity index (χ1) is 8.61. The van der Waals surface area contributed by atoms with E-state index in [1.807, 2.05) is 6.07 Å². The molecule has 0 saturated heterocycles.